The lowest BCUT2D eigenvalue weighted by Crippen LogP contribution is -2.60. The molecule has 1 spiro atoms. The van der Waals surface area contributed by atoms with E-state index in [1.54, 1.807) is 7.11 Å². The molecule has 5 nitrogen and oxygen atoms in total. The number of carbonyl (C=O) groups excluding carboxylic acids is 1. The van der Waals surface area contributed by atoms with Gasteiger partial charge in [-0.05, 0) is 89.7 Å². The molecule has 0 bridgehead atoms. The third kappa shape index (κ3) is 4.51. The van der Waals surface area contributed by atoms with Crippen molar-refractivity contribution in [2.75, 3.05) is 44.9 Å². The van der Waals surface area contributed by atoms with Crippen molar-refractivity contribution in [3.05, 3.63) is 56.1 Å². The lowest BCUT2D eigenvalue weighted by Gasteiger charge is -2.48. The molecule has 0 amide bonds. The maximum absolute atomic E-state index is 11.7. The molecule has 2 aliphatic heterocycles. The lowest BCUT2D eigenvalue weighted by atomic mass is 9.70. The number of methoxy groups -OCH3 is 1. The second-order valence-corrected chi connectivity index (χ2v) is 11.2. The molecule has 0 radical (unpaired) electrons. The molecule has 1 aliphatic carbocycles. The van der Waals surface area contributed by atoms with E-state index in [2.05, 4.69) is 62.7 Å². The van der Waals surface area contributed by atoms with E-state index in [4.69, 9.17) is 21.1 Å². The number of likely N-dealkylation sites (tertiary alicyclic amines) is 1. The van der Waals surface area contributed by atoms with Crippen LogP contribution in [-0.2, 0) is 21.4 Å². The lowest BCUT2D eigenvalue weighted by molar-refractivity contribution is -0.118. The summed E-state index contributed by atoms with van der Waals surface area (Å²) in [5.74, 6) is 0.947. The van der Waals surface area contributed by atoms with Crippen LogP contribution in [0.3, 0.4) is 0 Å². The minimum atomic E-state index is -0.182. The van der Waals surface area contributed by atoms with Gasteiger partial charge in [0.2, 0.25) is 0 Å². The van der Waals surface area contributed by atoms with Crippen molar-refractivity contribution in [3.63, 3.8) is 0 Å². The van der Waals surface area contributed by atoms with Gasteiger partial charge in [0, 0.05) is 46.8 Å². The highest BCUT2D eigenvalue weighted by atomic mass is 127. The number of fused-ring (bicyclic) bond motifs is 3. The average molecular weight is 581 g/mol. The number of anilines is 1. The first-order valence-electron chi connectivity index (χ1n) is 11.7. The van der Waals surface area contributed by atoms with Crippen molar-refractivity contribution in [2.24, 2.45) is 0 Å². The predicted octanol–water partition coefficient (Wildman–Crippen LogP) is 4.71. The maximum atomic E-state index is 11.7. The third-order valence-electron chi connectivity index (χ3n) is 7.54. The Kier molecular flexibility index (Phi) is 6.89. The van der Waals surface area contributed by atoms with Crippen molar-refractivity contribution in [1.82, 2.24) is 4.90 Å². The van der Waals surface area contributed by atoms with Gasteiger partial charge in [-0.15, -0.1) is 0 Å². The van der Waals surface area contributed by atoms with Gasteiger partial charge in [-0.3, -0.25) is 4.90 Å². The topological polar surface area (TPSA) is 42.0 Å². The zero-order valence-electron chi connectivity index (χ0n) is 18.9. The second kappa shape index (κ2) is 9.72. The SMILES string of the molecule is COCC(C=O)N1CC[C@H]1CN1C[C@@]2(CCCc3cc(Cl)ccc32)COc2ccc(I)cc21. The van der Waals surface area contributed by atoms with Gasteiger partial charge in [0.05, 0.1) is 24.9 Å². The van der Waals surface area contributed by atoms with Gasteiger partial charge >= 0.3 is 0 Å². The molecule has 2 heterocycles. The van der Waals surface area contributed by atoms with Gasteiger partial charge < -0.3 is 19.2 Å². The first kappa shape index (κ1) is 23.4. The molecule has 3 atom stereocenters. The Morgan fingerprint density at radius 2 is 2.21 bits per heavy atom. The van der Waals surface area contributed by atoms with E-state index in [0.29, 0.717) is 19.3 Å². The van der Waals surface area contributed by atoms with Crippen molar-refractivity contribution in [1.29, 1.82) is 0 Å². The predicted molar refractivity (Wildman–Crippen MR) is 140 cm³/mol. The van der Waals surface area contributed by atoms with Gasteiger partial charge in [0.15, 0.2) is 0 Å². The van der Waals surface area contributed by atoms with Crippen LogP contribution in [0.2, 0.25) is 5.02 Å². The number of halogens is 2. The smallest absolute Gasteiger partial charge is 0.142 e. The number of aldehydes is 1. The van der Waals surface area contributed by atoms with Crippen molar-refractivity contribution in [2.45, 2.75) is 43.2 Å². The first-order chi connectivity index (χ1) is 16.0. The Bertz CT molecular complexity index is 1030. The molecular weight excluding hydrogens is 551 g/mol. The Morgan fingerprint density at radius 1 is 1.33 bits per heavy atom. The van der Waals surface area contributed by atoms with Gasteiger partial charge in [-0.2, -0.15) is 0 Å². The highest BCUT2D eigenvalue weighted by Crippen LogP contribution is 2.45. The summed E-state index contributed by atoms with van der Waals surface area (Å²) in [6.07, 6.45) is 5.41. The van der Waals surface area contributed by atoms with E-state index in [1.165, 1.54) is 14.7 Å². The minimum Gasteiger partial charge on any atom is -0.490 e. The molecule has 0 N–H and O–H groups in total. The van der Waals surface area contributed by atoms with E-state index >= 15 is 0 Å². The van der Waals surface area contributed by atoms with Gasteiger partial charge in [0.1, 0.15) is 12.0 Å². The summed E-state index contributed by atoms with van der Waals surface area (Å²) in [4.78, 5) is 16.5. The van der Waals surface area contributed by atoms with Crippen LogP contribution in [-0.4, -0.2) is 63.2 Å². The first-order valence-corrected chi connectivity index (χ1v) is 13.1. The van der Waals surface area contributed by atoms with Crippen LogP contribution in [0.1, 0.15) is 30.4 Å². The number of aryl methyl sites for hydroxylation is 1. The normalized spacial score (nSPS) is 25.4. The van der Waals surface area contributed by atoms with E-state index < -0.39 is 0 Å². The Balaban J connectivity index is 1.49. The fourth-order valence-corrected chi connectivity index (χ4v) is 6.49. The number of ether oxygens (including phenoxy) is 2. The van der Waals surface area contributed by atoms with E-state index in [-0.39, 0.29) is 11.5 Å². The van der Waals surface area contributed by atoms with Crippen LogP contribution in [0.25, 0.3) is 0 Å². The molecule has 1 unspecified atom stereocenters. The molecular formula is C26H30ClIN2O3. The fourth-order valence-electron chi connectivity index (χ4n) is 5.82. The van der Waals surface area contributed by atoms with Gasteiger partial charge in [-0.1, -0.05) is 17.7 Å². The minimum absolute atomic E-state index is 0.0756. The molecule has 176 valence electrons. The van der Waals surface area contributed by atoms with Crippen LogP contribution in [0.4, 0.5) is 5.69 Å². The highest BCUT2D eigenvalue weighted by molar-refractivity contribution is 14.1. The molecule has 0 saturated carbocycles. The molecule has 0 aromatic heterocycles. The molecule has 7 heteroatoms. The third-order valence-corrected chi connectivity index (χ3v) is 8.45. The van der Waals surface area contributed by atoms with E-state index in [1.807, 2.05) is 6.07 Å². The number of benzene rings is 2. The summed E-state index contributed by atoms with van der Waals surface area (Å²) in [5.41, 5.74) is 3.81. The Hall–Kier alpha value is -1.35. The average Bonchev–Trinajstić information content (AvgIpc) is 2.93. The van der Waals surface area contributed by atoms with E-state index in [0.717, 1.165) is 68.1 Å². The molecule has 2 aromatic rings. The monoisotopic (exact) mass is 580 g/mol. The van der Waals surface area contributed by atoms with Crippen LogP contribution in [0.15, 0.2) is 36.4 Å². The molecule has 5 rings (SSSR count). The molecule has 1 fully saturated rings. The van der Waals surface area contributed by atoms with Crippen LogP contribution in [0, 0.1) is 3.57 Å². The molecule has 2 aromatic carbocycles. The summed E-state index contributed by atoms with van der Waals surface area (Å²) in [5, 5.41) is 0.804. The highest BCUT2D eigenvalue weighted by Gasteiger charge is 2.43. The Labute approximate surface area is 214 Å². The standard InChI is InChI=1S/C26H30ClIN2O3/c1-32-15-22(14-31)30-10-8-21(30)13-29-16-26(17-33-25-7-5-20(28)12-24(25)29)9-2-3-18-11-19(27)4-6-23(18)26/h4-7,11-12,14,21-22H,2-3,8-10,13,15-17H2,1H3/t21-,22?,26-/m0/s1. The quantitative estimate of drug-likeness (QED) is 0.366. The molecule has 1 saturated heterocycles. The summed E-state index contributed by atoms with van der Waals surface area (Å²) in [6.45, 7) is 3.81. The molecule has 33 heavy (non-hydrogen) atoms. The van der Waals surface area contributed by atoms with Crippen molar-refractivity contribution < 1.29 is 14.3 Å². The van der Waals surface area contributed by atoms with Crippen LogP contribution >= 0.6 is 34.2 Å². The summed E-state index contributed by atoms with van der Waals surface area (Å²) < 4.78 is 13.0. The largest absolute Gasteiger partial charge is 0.490 e. The number of hydrogen-bond donors (Lipinski definition) is 0. The van der Waals surface area contributed by atoms with Crippen molar-refractivity contribution in [3.8, 4) is 5.75 Å². The number of rotatable bonds is 6. The van der Waals surface area contributed by atoms with Crippen LogP contribution < -0.4 is 9.64 Å². The number of hydrogen-bond acceptors (Lipinski definition) is 5. The van der Waals surface area contributed by atoms with Gasteiger partial charge in [0.25, 0.3) is 0 Å². The second-order valence-electron chi connectivity index (χ2n) is 9.56. The van der Waals surface area contributed by atoms with Crippen LogP contribution in [0.5, 0.6) is 5.75 Å². The van der Waals surface area contributed by atoms with Gasteiger partial charge in [-0.25, -0.2) is 0 Å². The zero-order chi connectivity index (χ0) is 23.0. The number of nitrogens with zero attached hydrogens (tertiary/aromatic N) is 2. The summed E-state index contributed by atoms with van der Waals surface area (Å²) in [6, 6.07) is 13.0. The number of carbonyl (C=O) groups is 1. The zero-order valence-corrected chi connectivity index (χ0v) is 21.8. The Morgan fingerprint density at radius 3 is 2.97 bits per heavy atom. The van der Waals surface area contributed by atoms with Crippen molar-refractivity contribution >= 4 is 46.2 Å². The fraction of sp³-hybridized carbons (Fsp3) is 0.500. The van der Waals surface area contributed by atoms with E-state index in [9.17, 15) is 4.79 Å². The summed E-state index contributed by atoms with van der Waals surface area (Å²) in [7, 11) is 1.66. The molecule has 3 aliphatic rings. The maximum Gasteiger partial charge on any atom is 0.142 e. The summed E-state index contributed by atoms with van der Waals surface area (Å²) >= 11 is 8.73.